The van der Waals surface area contributed by atoms with Crippen molar-refractivity contribution in [1.82, 2.24) is 9.97 Å². The molecule has 0 spiro atoms. The Morgan fingerprint density at radius 1 is 1.26 bits per heavy atom. The van der Waals surface area contributed by atoms with Crippen LogP contribution in [0.1, 0.15) is 21.4 Å². The van der Waals surface area contributed by atoms with Gasteiger partial charge in [0.2, 0.25) is 0 Å². The van der Waals surface area contributed by atoms with Crippen LogP contribution in [0.25, 0.3) is 11.0 Å². The second kappa shape index (κ2) is 4.63. The highest BCUT2D eigenvalue weighted by Crippen LogP contribution is 2.32. The van der Waals surface area contributed by atoms with E-state index >= 15 is 0 Å². The molecule has 1 aromatic carbocycles. The zero-order valence-electron chi connectivity index (χ0n) is 10.2. The molecule has 0 fully saturated rings. The third kappa shape index (κ3) is 2.27. The van der Waals surface area contributed by atoms with Crippen LogP contribution in [-0.4, -0.2) is 9.97 Å². The number of thiophene rings is 1. The SMILES string of the molecule is Cc1ccc(C(N)c2cc3[nH]c(=O)[nH]c3cc2Br)s1. The number of aromatic amines is 2. The van der Waals surface area contributed by atoms with Crippen molar-refractivity contribution in [3.63, 3.8) is 0 Å². The molecule has 4 nitrogen and oxygen atoms in total. The van der Waals surface area contributed by atoms with E-state index in [9.17, 15) is 4.79 Å². The van der Waals surface area contributed by atoms with E-state index in [0.29, 0.717) is 0 Å². The molecule has 98 valence electrons. The van der Waals surface area contributed by atoms with Crippen molar-refractivity contribution in [2.45, 2.75) is 13.0 Å². The summed E-state index contributed by atoms with van der Waals surface area (Å²) < 4.78 is 0.897. The molecule has 0 amide bonds. The monoisotopic (exact) mass is 337 g/mol. The molecule has 2 heterocycles. The van der Waals surface area contributed by atoms with Gasteiger partial charge in [0.15, 0.2) is 0 Å². The summed E-state index contributed by atoms with van der Waals surface area (Å²) in [4.78, 5) is 19.1. The minimum atomic E-state index is -0.209. The van der Waals surface area contributed by atoms with Crippen LogP contribution in [0.4, 0.5) is 0 Å². The average Bonchev–Trinajstić information content (AvgIpc) is 2.92. The Balaban J connectivity index is 2.13. The Labute approximate surface area is 121 Å². The molecular weight excluding hydrogens is 326 g/mol. The van der Waals surface area contributed by atoms with Gasteiger partial charge in [-0.2, -0.15) is 0 Å². The molecule has 4 N–H and O–H groups in total. The van der Waals surface area contributed by atoms with Gasteiger partial charge < -0.3 is 15.7 Å². The van der Waals surface area contributed by atoms with Crippen molar-refractivity contribution in [3.8, 4) is 0 Å². The van der Waals surface area contributed by atoms with Gasteiger partial charge in [0.05, 0.1) is 17.1 Å². The summed E-state index contributed by atoms with van der Waals surface area (Å²) in [7, 11) is 0. The van der Waals surface area contributed by atoms with Gasteiger partial charge in [-0.3, -0.25) is 0 Å². The second-order valence-electron chi connectivity index (χ2n) is 4.42. The first-order valence-corrected chi connectivity index (χ1v) is 7.39. The summed E-state index contributed by atoms with van der Waals surface area (Å²) in [6.45, 7) is 2.06. The lowest BCUT2D eigenvalue weighted by molar-refractivity contribution is 0.889. The van der Waals surface area contributed by atoms with E-state index in [1.54, 1.807) is 11.3 Å². The van der Waals surface area contributed by atoms with Crippen molar-refractivity contribution in [3.05, 3.63) is 54.5 Å². The van der Waals surface area contributed by atoms with Gasteiger partial charge in [-0.1, -0.05) is 15.9 Å². The molecular formula is C13H12BrN3OS. The first kappa shape index (κ1) is 12.7. The number of hydrogen-bond donors (Lipinski definition) is 3. The third-order valence-corrected chi connectivity index (χ3v) is 4.81. The van der Waals surface area contributed by atoms with Crippen molar-refractivity contribution >= 4 is 38.3 Å². The molecule has 0 aliphatic carbocycles. The Bertz CT molecular complexity index is 802. The zero-order valence-corrected chi connectivity index (χ0v) is 12.6. The van der Waals surface area contributed by atoms with Gasteiger partial charge in [-0.05, 0) is 36.8 Å². The predicted molar refractivity (Wildman–Crippen MR) is 81.7 cm³/mol. The minimum Gasteiger partial charge on any atom is -0.320 e. The van der Waals surface area contributed by atoms with Crippen LogP contribution in [0, 0.1) is 6.92 Å². The molecule has 1 unspecified atom stereocenters. The lowest BCUT2D eigenvalue weighted by atomic mass is 10.1. The van der Waals surface area contributed by atoms with E-state index < -0.39 is 0 Å². The molecule has 3 rings (SSSR count). The molecule has 0 saturated carbocycles. The Kier molecular flexibility index (Phi) is 3.08. The first-order chi connectivity index (χ1) is 9.04. The molecule has 19 heavy (non-hydrogen) atoms. The number of H-pyrrole nitrogens is 2. The van der Waals surface area contributed by atoms with Crippen molar-refractivity contribution in [2.24, 2.45) is 5.73 Å². The number of hydrogen-bond acceptors (Lipinski definition) is 3. The van der Waals surface area contributed by atoms with Gasteiger partial charge in [0, 0.05) is 14.2 Å². The number of aryl methyl sites for hydroxylation is 1. The van der Waals surface area contributed by atoms with Crippen molar-refractivity contribution in [1.29, 1.82) is 0 Å². The Morgan fingerprint density at radius 3 is 2.58 bits per heavy atom. The second-order valence-corrected chi connectivity index (χ2v) is 6.60. The maximum atomic E-state index is 11.3. The average molecular weight is 338 g/mol. The van der Waals surface area contributed by atoms with Crippen LogP contribution >= 0.6 is 27.3 Å². The van der Waals surface area contributed by atoms with Crippen LogP contribution in [0.2, 0.25) is 0 Å². The maximum Gasteiger partial charge on any atom is 0.323 e. The maximum absolute atomic E-state index is 11.3. The summed E-state index contributed by atoms with van der Waals surface area (Å²) in [6.07, 6.45) is 0. The predicted octanol–water partition coefficient (Wildman–Crippen LogP) is 3.04. The molecule has 0 bridgehead atoms. The van der Waals surface area contributed by atoms with Crippen LogP contribution < -0.4 is 11.4 Å². The molecule has 3 aromatic rings. The summed E-state index contributed by atoms with van der Waals surface area (Å²) >= 11 is 5.20. The topological polar surface area (TPSA) is 74.7 Å². The highest BCUT2D eigenvalue weighted by molar-refractivity contribution is 9.10. The van der Waals surface area contributed by atoms with Gasteiger partial charge >= 0.3 is 5.69 Å². The Hall–Kier alpha value is -1.37. The number of imidazole rings is 1. The Morgan fingerprint density at radius 2 is 1.95 bits per heavy atom. The summed E-state index contributed by atoms with van der Waals surface area (Å²) in [6, 6.07) is 7.70. The van der Waals surface area contributed by atoms with Gasteiger partial charge in [-0.25, -0.2) is 4.79 Å². The molecule has 2 aromatic heterocycles. The number of fused-ring (bicyclic) bond motifs is 1. The normalized spacial score (nSPS) is 13.0. The summed E-state index contributed by atoms with van der Waals surface area (Å²) in [5.41, 5.74) is 8.60. The van der Waals surface area contributed by atoms with E-state index in [-0.39, 0.29) is 11.7 Å². The van der Waals surface area contributed by atoms with Crippen LogP contribution in [0.15, 0.2) is 33.5 Å². The summed E-state index contributed by atoms with van der Waals surface area (Å²) in [5, 5.41) is 0. The molecule has 0 aliphatic rings. The first-order valence-electron chi connectivity index (χ1n) is 5.78. The molecule has 1 atom stereocenters. The van der Waals surface area contributed by atoms with Crippen LogP contribution in [0.5, 0.6) is 0 Å². The van der Waals surface area contributed by atoms with E-state index in [1.165, 1.54) is 4.88 Å². The van der Waals surface area contributed by atoms with E-state index in [2.05, 4.69) is 38.9 Å². The lowest BCUT2D eigenvalue weighted by Crippen LogP contribution is -2.10. The number of nitrogens with two attached hydrogens (primary N) is 1. The molecule has 6 heteroatoms. The van der Waals surface area contributed by atoms with E-state index in [0.717, 1.165) is 25.9 Å². The highest BCUT2D eigenvalue weighted by atomic mass is 79.9. The standard InChI is InChI=1S/C13H12BrN3OS/c1-6-2-3-11(19-6)12(15)7-4-9-10(5-8(7)14)17-13(18)16-9/h2-5,12H,15H2,1H3,(H2,16,17,18). The largest absolute Gasteiger partial charge is 0.323 e. The smallest absolute Gasteiger partial charge is 0.320 e. The number of rotatable bonds is 2. The number of aromatic nitrogens is 2. The van der Waals surface area contributed by atoms with E-state index in [1.807, 2.05) is 18.2 Å². The minimum absolute atomic E-state index is 0.198. The zero-order chi connectivity index (χ0) is 13.6. The fourth-order valence-corrected chi connectivity index (χ4v) is 3.57. The fraction of sp³-hybridized carbons (Fsp3) is 0.154. The number of benzene rings is 1. The summed E-state index contributed by atoms with van der Waals surface area (Å²) in [5.74, 6) is 0. The van der Waals surface area contributed by atoms with Gasteiger partial charge in [0.25, 0.3) is 0 Å². The van der Waals surface area contributed by atoms with Gasteiger partial charge in [0.1, 0.15) is 0 Å². The van der Waals surface area contributed by atoms with Crippen molar-refractivity contribution in [2.75, 3.05) is 0 Å². The van der Waals surface area contributed by atoms with Crippen LogP contribution in [-0.2, 0) is 0 Å². The van der Waals surface area contributed by atoms with E-state index in [4.69, 9.17) is 5.73 Å². The quantitative estimate of drug-likeness (QED) is 0.672. The highest BCUT2D eigenvalue weighted by Gasteiger charge is 2.15. The fourth-order valence-electron chi connectivity index (χ4n) is 2.08. The van der Waals surface area contributed by atoms with Crippen molar-refractivity contribution < 1.29 is 0 Å². The van der Waals surface area contributed by atoms with Gasteiger partial charge in [-0.15, -0.1) is 11.3 Å². The number of halogens is 1. The molecule has 0 radical (unpaired) electrons. The molecule has 0 saturated heterocycles. The third-order valence-electron chi connectivity index (χ3n) is 3.04. The number of nitrogens with one attached hydrogen (secondary N) is 2. The lowest BCUT2D eigenvalue weighted by Gasteiger charge is -2.12. The molecule has 0 aliphatic heterocycles. The van der Waals surface area contributed by atoms with Crippen LogP contribution in [0.3, 0.4) is 0 Å².